The lowest BCUT2D eigenvalue weighted by Crippen LogP contribution is -2.59. The molecule has 0 spiro atoms. The molecule has 0 radical (unpaired) electrons. The van der Waals surface area contributed by atoms with E-state index in [0.717, 1.165) is 25.0 Å². The van der Waals surface area contributed by atoms with Crippen LogP contribution in [-0.2, 0) is 10.2 Å². The highest BCUT2D eigenvalue weighted by atomic mass is 16.5. The fourth-order valence-corrected chi connectivity index (χ4v) is 6.84. The lowest BCUT2D eigenvalue weighted by atomic mass is 9.42. The zero-order chi connectivity index (χ0) is 21.5. The summed E-state index contributed by atoms with van der Waals surface area (Å²) in [7, 11) is 1.69. The summed E-state index contributed by atoms with van der Waals surface area (Å²) in [6, 6.07) is 11.8. The van der Waals surface area contributed by atoms with Gasteiger partial charge in [-0.2, -0.15) is 0 Å². The summed E-state index contributed by atoms with van der Waals surface area (Å²) >= 11 is 0. The minimum Gasteiger partial charge on any atom is -0.497 e. The summed E-state index contributed by atoms with van der Waals surface area (Å²) < 4.78 is 10.4. The molecule has 1 aromatic carbocycles. The number of amides is 2. The molecule has 2 unspecified atom stereocenters. The maximum absolute atomic E-state index is 13.4. The monoisotopic (exact) mass is 422 g/mol. The molecular weight excluding hydrogens is 392 g/mol. The van der Waals surface area contributed by atoms with E-state index in [4.69, 9.17) is 9.15 Å². The summed E-state index contributed by atoms with van der Waals surface area (Å²) in [6.07, 6.45) is 8.00. The largest absolute Gasteiger partial charge is 0.497 e. The van der Waals surface area contributed by atoms with Gasteiger partial charge < -0.3 is 19.8 Å². The van der Waals surface area contributed by atoms with E-state index >= 15 is 0 Å². The van der Waals surface area contributed by atoms with E-state index in [-0.39, 0.29) is 28.4 Å². The fourth-order valence-electron chi connectivity index (χ4n) is 6.84. The average molecular weight is 423 g/mol. The van der Waals surface area contributed by atoms with Crippen molar-refractivity contribution in [3.8, 4) is 5.75 Å². The molecule has 2 amide bonds. The molecule has 164 valence electrons. The fraction of sp³-hybridized carbons (Fsp3) is 0.520. The van der Waals surface area contributed by atoms with E-state index in [1.54, 1.807) is 19.2 Å². The Balaban J connectivity index is 1.25. The van der Waals surface area contributed by atoms with Gasteiger partial charge in [0.25, 0.3) is 5.91 Å². The van der Waals surface area contributed by atoms with Gasteiger partial charge in [0.2, 0.25) is 5.91 Å². The van der Waals surface area contributed by atoms with Crippen LogP contribution in [0.15, 0.2) is 47.1 Å². The third kappa shape index (κ3) is 3.62. The normalized spacial score (nSPS) is 30.7. The molecule has 4 aliphatic rings. The van der Waals surface area contributed by atoms with E-state index in [9.17, 15) is 9.59 Å². The number of ether oxygens (including phenoxy) is 1. The van der Waals surface area contributed by atoms with Gasteiger partial charge in [0.15, 0.2) is 5.76 Å². The lowest BCUT2D eigenvalue weighted by Gasteiger charge is -2.61. The second-order valence-electron chi connectivity index (χ2n) is 9.74. The van der Waals surface area contributed by atoms with Gasteiger partial charge in [-0.1, -0.05) is 12.1 Å². The molecule has 4 bridgehead atoms. The number of benzene rings is 1. The molecule has 1 heterocycles. The van der Waals surface area contributed by atoms with E-state index in [1.807, 2.05) is 12.1 Å². The van der Waals surface area contributed by atoms with Gasteiger partial charge >= 0.3 is 0 Å². The maximum atomic E-state index is 13.4. The van der Waals surface area contributed by atoms with Crippen molar-refractivity contribution >= 4 is 11.8 Å². The number of nitrogens with one attached hydrogen (secondary N) is 2. The smallest absolute Gasteiger partial charge is 0.287 e. The summed E-state index contributed by atoms with van der Waals surface area (Å²) in [5, 5.41) is 5.92. The Labute approximate surface area is 182 Å². The first kappa shape index (κ1) is 20.2. The first-order valence-corrected chi connectivity index (χ1v) is 11.3. The Hall–Kier alpha value is -2.76. The Bertz CT molecular complexity index is 936. The first-order chi connectivity index (χ1) is 15.0. The van der Waals surface area contributed by atoms with Crippen molar-refractivity contribution in [3.63, 3.8) is 0 Å². The Morgan fingerprint density at radius 3 is 2.39 bits per heavy atom. The second kappa shape index (κ2) is 7.74. The van der Waals surface area contributed by atoms with Gasteiger partial charge in [0.05, 0.1) is 18.8 Å². The van der Waals surface area contributed by atoms with Crippen LogP contribution in [0.25, 0.3) is 0 Å². The predicted octanol–water partition coefficient (Wildman–Crippen LogP) is 3.67. The van der Waals surface area contributed by atoms with Gasteiger partial charge in [-0.15, -0.1) is 0 Å². The molecule has 6 nitrogen and oxygen atoms in total. The molecule has 2 N–H and O–H groups in total. The quantitative estimate of drug-likeness (QED) is 0.667. The van der Waals surface area contributed by atoms with Crippen LogP contribution in [0.1, 0.15) is 54.6 Å². The summed E-state index contributed by atoms with van der Waals surface area (Å²) in [6.45, 7) is 0.815. The van der Waals surface area contributed by atoms with Crippen LogP contribution in [0.3, 0.4) is 0 Å². The van der Waals surface area contributed by atoms with Crippen LogP contribution in [-0.4, -0.2) is 32.0 Å². The molecule has 4 saturated carbocycles. The number of carbonyl (C=O) groups excluding carboxylic acids is 2. The maximum Gasteiger partial charge on any atom is 0.287 e. The van der Waals surface area contributed by atoms with Crippen LogP contribution in [0.4, 0.5) is 0 Å². The van der Waals surface area contributed by atoms with Crippen molar-refractivity contribution in [3.05, 3.63) is 54.0 Å². The highest BCUT2D eigenvalue weighted by Gasteiger charge is 2.60. The molecule has 6 rings (SSSR count). The van der Waals surface area contributed by atoms with Crippen LogP contribution >= 0.6 is 0 Å². The second-order valence-corrected chi connectivity index (χ2v) is 9.74. The molecule has 4 aliphatic carbocycles. The molecule has 1 aromatic heterocycles. The Morgan fingerprint density at radius 2 is 1.74 bits per heavy atom. The van der Waals surface area contributed by atoms with Gasteiger partial charge in [0.1, 0.15) is 5.75 Å². The zero-order valence-corrected chi connectivity index (χ0v) is 18.0. The molecule has 0 aliphatic heterocycles. The number of rotatable bonds is 7. The van der Waals surface area contributed by atoms with Crippen LogP contribution in [0.2, 0.25) is 0 Å². The van der Waals surface area contributed by atoms with Gasteiger partial charge in [0, 0.05) is 13.1 Å². The first-order valence-electron chi connectivity index (χ1n) is 11.3. The molecule has 6 heteroatoms. The topological polar surface area (TPSA) is 80.6 Å². The highest BCUT2D eigenvalue weighted by molar-refractivity contribution is 5.91. The van der Waals surface area contributed by atoms with Gasteiger partial charge in [-0.3, -0.25) is 9.59 Å². The molecule has 4 fully saturated rings. The van der Waals surface area contributed by atoms with E-state index in [1.165, 1.54) is 31.1 Å². The van der Waals surface area contributed by atoms with Crippen LogP contribution in [0.5, 0.6) is 5.75 Å². The molecular formula is C25H30N2O4. The lowest BCUT2D eigenvalue weighted by molar-refractivity contribution is -0.149. The van der Waals surface area contributed by atoms with E-state index < -0.39 is 0 Å². The summed E-state index contributed by atoms with van der Waals surface area (Å²) in [5.41, 5.74) is 1.17. The van der Waals surface area contributed by atoms with Crippen molar-refractivity contribution in [2.24, 2.45) is 17.3 Å². The van der Waals surface area contributed by atoms with Crippen LogP contribution in [0, 0.1) is 17.3 Å². The van der Waals surface area contributed by atoms with Crippen molar-refractivity contribution in [2.45, 2.75) is 43.9 Å². The number of methoxy groups -OCH3 is 1. The number of furan rings is 1. The summed E-state index contributed by atoms with van der Waals surface area (Å²) in [4.78, 5) is 25.4. The molecule has 0 saturated heterocycles. The van der Waals surface area contributed by atoms with Gasteiger partial charge in [-0.05, 0) is 85.6 Å². The molecule has 2 atom stereocenters. The SMILES string of the molecule is COc1ccc(C23CC4CC(CC(C(=O)NCCNC(=O)c5ccco5)(C4)C2)C3)cc1. The van der Waals surface area contributed by atoms with Crippen molar-refractivity contribution in [1.29, 1.82) is 0 Å². The minimum atomic E-state index is -0.283. The Kier molecular flexibility index (Phi) is 5.03. The van der Waals surface area contributed by atoms with Crippen molar-refractivity contribution < 1.29 is 18.7 Å². The average Bonchev–Trinajstić information content (AvgIpc) is 3.31. The third-order valence-corrected chi connectivity index (χ3v) is 7.69. The highest BCUT2D eigenvalue weighted by Crippen LogP contribution is 2.65. The van der Waals surface area contributed by atoms with Crippen molar-refractivity contribution in [2.75, 3.05) is 20.2 Å². The predicted molar refractivity (Wildman–Crippen MR) is 116 cm³/mol. The number of hydrogen-bond acceptors (Lipinski definition) is 4. The van der Waals surface area contributed by atoms with Crippen molar-refractivity contribution in [1.82, 2.24) is 10.6 Å². The van der Waals surface area contributed by atoms with E-state index in [0.29, 0.717) is 24.9 Å². The standard InChI is InChI=1S/C25H30N2O4/c1-30-20-6-4-19(5-7-20)24-12-17-11-18(13-24)15-25(14-17,16-24)23(29)27-9-8-26-22(28)21-3-2-10-31-21/h2-7,10,17-18H,8-9,11-16H2,1H3,(H,26,28)(H,27,29). The number of hydrogen-bond donors (Lipinski definition) is 2. The zero-order valence-electron chi connectivity index (χ0n) is 18.0. The van der Waals surface area contributed by atoms with E-state index in [2.05, 4.69) is 22.8 Å². The Morgan fingerprint density at radius 1 is 1.03 bits per heavy atom. The number of carbonyl (C=O) groups is 2. The molecule has 31 heavy (non-hydrogen) atoms. The summed E-state index contributed by atoms with van der Waals surface area (Å²) in [5.74, 6) is 2.30. The minimum absolute atomic E-state index is 0.0984. The van der Waals surface area contributed by atoms with Crippen LogP contribution < -0.4 is 15.4 Å². The van der Waals surface area contributed by atoms with Gasteiger partial charge in [-0.25, -0.2) is 0 Å². The third-order valence-electron chi connectivity index (χ3n) is 7.69. The molecule has 2 aromatic rings.